The molecule has 0 N–H and O–H groups in total. The fourth-order valence-electron chi connectivity index (χ4n) is 3.75. The SMILES string of the molecule is Cc1ccc(C(=O)N2CCN(C(=O)c3ccco3)CC2)cc1-n1nnc2cccnc21. The lowest BCUT2D eigenvalue weighted by atomic mass is 10.1. The van der Waals surface area contributed by atoms with Gasteiger partial charge in [0, 0.05) is 37.9 Å². The van der Waals surface area contributed by atoms with Crippen LogP contribution in [0.5, 0.6) is 0 Å². The summed E-state index contributed by atoms with van der Waals surface area (Å²) in [5.41, 5.74) is 3.61. The van der Waals surface area contributed by atoms with Crippen molar-refractivity contribution in [3.63, 3.8) is 0 Å². The highest BCUT2D eigenvalue weighted by Gasteiger charge is 2.27. The average Bonchev–Trinajstić information content (AvgIpc) is 3.49. The van der Waals surface area contributed by atoms with Crippen molar-refractivity contribution in [2.75, 3.05) is 26.2 Å². The van der Waals surface area contributed by atoms with Crippen molar-refractivity contribution in [1.82, 2.24) is 29.8 Å². The second-order valence-electron chi connectivity index (χ2n) is 7.41. The molecule has 0 spiro atoms. The van der Waals surface area contributed by atoms with Gasteiger partial charge in [-0.2, -0.15) is 4.68 Å². The van der Waals surface area contributed by atoms with Gasteiger partial charge in [0.1, 0.15) is 5.52 Å². The molecule has 3 aromatic heterocycles. The van der Waals surface area contributed by atoms with E-state index >= 15 is 0 Å². The van der Waals surface area contributed by atoms with Crippen molar-refractivity contribution in [1.29, 1.82) is 0 Å². The van der Waals surface area contributed by atoms with Crippen LogP contribution in [-0.4, -0.2) is 67.8 Å². The van der Waals surface area contributed by atoms with Crippen molar-refractivity contribution >= 4 is 23.0 Å². The number of aryl methyl sites for hydroxylation is 1. The number of rotatable bonds is 3. The molecule has 1 saturated heterocycles. The smallest absolute Gasteiger partial charge is 0.289 e. The summed E-state index contributed by atoms with van der Waals surface area (Å²) in [5, 5.41) is 8.38. The largest absolute Gasteiger partial charge is 0.459 e. The summed E-state index contributed by atoms with van der Waals surface area (Å²) >= 11 is 0. The van der Waals surface area contributed by atoms with Gasteiger partial charge in [-0.05, 0) is 48.9 Å². The maximum atomic E-state index is 13.1. The van der Waals surface area contributed by atoms with Gasteiger partial charge in [0.25, 0.3) is 11.8 Å². The molecule has 5 rings (SSSR count). The Morgan fingerprint density at radius 3 is 2.48 bits per heavy atom. The number of carbonyl (C=O) groups is 2. The number of hydrogen-bond acceptors (Lipinski definition) is 6. The zero-order valence-electron chi connectivity index (χ0n) is 16.9. The Balaban J connectivity index is 1.35. The summed E-state index contributed by atoms with van der Waals surface area (Å²) in [6.07, 6.45) is 3.17. The van der Waals surface area contributed by atoms with Gasteiger partial charge in [0.15, 0.2) is 11.4 Å². The summed E-state index contributed by atoms with van der Waals surface area (Å²) < 4.78 is 6.85. The molecule has 4 heterocycles. The first-order valence-corrected chi connectivity index (χ1v) is 10.0. The zero-order chi connectivity index (χ0) is 21.4. The van der Waals surface area contributed by atoms with Crippen LogP contribution in [0.3, 0.4) is 0 Å². The average molecular weight is 416 g/mol. The summed E-state index contributed by atoms with van der Waals surface area (Å²) in [6, 6.07) is 12.5. The molecule has 1 aliphatic heterocycles. The molecule has 1 aliphatic rings. The Morgan fingerprint density at radius 2 is 1.74 bits per heavy atom. The highest BCUT2D eigenvalue weighted by atomic mass is 16.3. The van der Waals surface area contributed by atoms with Crippen molar-refractivity contribution in [3.8, 4) is 5.69 Å². The Labute approximate surface area is 177 Å². The maximum absolute atomic E-state index is 13.1. The topological polar surface area (TPSA) is 97.4 Å². The lowest BCUT2D eigenvalue weighted by molar-refractivity contribution is 0.0518. The normalized spacial score (nSPS) is 14.2. The highest BCUT2D eigenvalue weighted by molar-refractivity contribution is 5.96. The first kappa shape index (κ1) is 19.0. The summed E-state index contributed by atoms with van der Waals surface area (Å²) in [5.74, 6) is 0.0839. The van der Waals surface area contributed by atoms with Gasteiger partial charge in [-0.3, -0.25) is 9.59 Å². The Morgan fingerprint density at radius 1 is 0.968 bits per heavy atom. The quantitative estimate of drug-likeness (QED) is 0.508. The van der Waals surface area contributed by atoms with E-state index < -0.39 is 0 Å². The van der Waals surface area contributed by atoms with E-state index in [2.05, 4.69) is 15.3 Å². The molecule has 4 aromatic rings. The number of amides is 2. The first-order chi connectivity index (χ1) is 15.1. The molecule has 0 unspecified atom stereocenters. The van der Waals surface area contributed by atoms with Crippen LogP contribution in [-0.2, 0) is 0 Å². The van der Waals surface area contributed by atoms with Crippen LogP contribution in [0, 0.1) is 6.92 Å². The lowest BCUT2D eigenvalue weighted by Gasteiger charge is -2.34. The van der Waals surface area contributed by atoms with Gasteiger partial charge in [0.2, 0.25) is 0 Å². The van der Waals surface area contributed by atoms with Crippen molar-refractivity contribution in [2.24, 2.45) is 0 Å². The Hall–Kier alpha value is -4.01. The lowest BCUT2D eigenvalue weighted by Crippen LogP contribution is -2.50. The molecule has 2 amide bonds. The molecule has 0 bridgehead atoms. The second-order valence-corrected chi connectivity index (χ2v) is 7.41. The minimum absolute atomic E-state index is 0.0799. The van der Waals surface area contributed by atoms with Gasteiger partial charge < -0.3 is 14.2 Å². The predicted molar refractivity (Wildman–Crippen MR) is 112 cm³/mol. The van der Waals surface area contributed by atoms with Gasteiger partial charge in [-0.25, -0.2) is 4.98 Å². The van der Waals surface area contributed by atoms with Crippen LogP contribution in [0.25, 0.3) is 16.9 Å². The molecule has 1 aromatic carbocycles. The third-order valence-corrected chi connectivity index (χ3v) is 5.48. The molecule has 0 saturated carbocycles. The third-order valence-electron chi connectivity index (χ3n) is 5.48. The molecule has 1 fully saturated rings. The number of nitrogens with zero attached hydrogens (tertiary/aromatic N) is 6. The Kier molecular flexibility index (Phi) is 4.70. The minimum atomic E-state index is -0.153. The summed E-state index contributed by atoms with van der Waals surface area (Å²) in [7, 11) is 0. The summed E-state index contributed by atoms with van der Waals surface area (Å²) in [6.45, 7) is 3.80. The van der Waals surface area contributed by atoms with Gasteiger partial charge in [-0.15, -0.1) is 5.10 Å². The molecular weight excluding hydrogens is 396 g/mol. The number of piperazine rings is 1. The van der Waals surface area contributed by atoms with E-state index in [0.29, 0.717) is 48.7 Å². The van der Waals surface area contributed by atoms with E-state index in [-0.39, 0.29) is 11.8 Å². The van der Waals surface area contributed by atoms with E-state index in [4.69, 9.17) is 4.42 Å². The fourth-order valence-corrected chi connectivity index (χ4v) is 3.75. The van der Waals surface area contributed by atoms with E-state index in [1.54, 1.807) is 32.8 Å². The van der Waals surface area contributed by atoms with E-state index in [1.165, 1.54) is 6.26 Å². The molecule has 156 valence electrons. The number of pyridine rings is 1. The van der Waals surface area contributed by atoms with Crippen molar-refractivity contribution < 1.29 is 14.0 Å². The van der Waals surface area contributed by atoms with Crippen LogP contribution in [0.15, 0.2) is 59.3 Å². The highest BCUT2D eigenvalue weighted by Crippen LogP contribution is 2.21. The molecule has 9 nitrogen and oxygen atoms in total. The number of fused-ring (bicyclic) bond motifs is 1. The zero-order valence-corrected chi connectivity index (χ0v) is 16.9. The number of benzene rings is 1. The molecular formula is C22H20N6O3. The fraction of sp³-hybridized carbons (Fsp3) is 0.227. The number of aromatic nitrogens is 4. The van der Waals surface area contributed by atoms with Gasteiger partial charge in [0.05, 0.1) is 12.0 Å². The molecule has 0 atom stereocenters. The van der Waals surface area contributed by atoms with E-state index in [9.17, 15) is 9.59 Å². The van der Waals surface area contributed by atoms with Crippen LogP contribution in [0.2, 0.25) is 0 Å². The number of furan rings is 1. The molecule has 0 aliphatic carbocycles. The standard InChI is InChI=1S/C22H20N6O3/c1-15-6-7-16(14-18(15)28-20-17(24-25-28)4-2-8-23-20)21(29)26-9-11-27(12-10-26)22(30)19-5-3-13-31-19/h2-8,13-14H,9-12H2,1H3. The van der Waals surface area contributed by atoms with Crippen LogP contribution in [0.4, 0.5) is 0 Å². The Bertz CT molecular complexity index is 1260. The minimum Gasteiger partial charge on any atom is -0.459 e. The van der Waals surface area contributed by atoms with Crippen LogP contribution < -0.4 is 0 Å². The number of hydrogen-bond donors (Lipinski definition) is 0. The van der Waals surface area contributed by atoms with Crippen molar-refractivity contribution in [2.45, 2.75) is 6.92 Å². The molecule has 9 heteroatoms. The third kappa shape index (κ3) is 3.43. The second kappa shape index (κ2) is 7.67. The maximum Gasteiger partial charge on any atom is 0.289 e. The monoisotopic (exact) mass is 416 g/mol. The summed E-state index contributed by atoms with van der Waals surface area (Å²) in [4.78, 5) is 33.4. The van der Waals surface area contributed by atoms with Crippen LogP contribution in [0.1, 0.15) is 26.5 Å². The number of carbonyl (C=O) groups excluding carboxylic acids is 2. The van der Waals surface area contributed by atoms with E-state index in [0.717, 1.165) is 11.3 Å². The first-order valence-electron chi connectivity index (χ1n) is 10.0. The van der Waals surface area contributed by atoms with E-state index in [1.807, 2.05) is 37.3 Å². The van der Waals surface area contributed by atoms with Crippen molar-refractivity contribution in [3.05, 3.63) is 71.8 Å². The van der Waals surface area contributed by atoms with Gasteiger partial charge in [-0.1, -0.05) is 11.3 Å². The molecule has 0 radical (unpaired) electrons. The van der Waals surface area contributed by atoms with Crippen LogP contribution >= 0.6 is 0 Å². The predicted octanol–water partition coefficient (Wildman–Crippen LogP) is 2.32. The molecule has 31 heavy (non-hydrogen) atoms. The van der Waals surface area contributed by atoms with Gasteiger partial charge >= 0.3 is 0 Å².